The van der Waals surface area contributed by atoms with E-state index in [-0.39, 0.29) is 22.3 Å². The van der Waals surface area contributed by atoms with Crippen LogP contribution in [-0.4, -0.2) is 27.9 Å². The van der Waals surface area contributed by atoms with Crippen LogP contribution in [0.3, 0.4) is 0 Å². The molecule has 0 bridgehead atoms. The summed E-state index contributed by atoms with van der Waals surface area (Å²) in [6, 6.07) is 3.39. The molecule has 2 N–H and O–H groups in total. The maximum absolute atomic E-state index is 12.1. The largest absolute Gasteiger partial charge is 0.481 e. The van der Waals surface area contributed by atoms with Crippen molar-refractivity contribution in [2.45, 2.75) is 25.3 Å². The van der Waals surface area contributed by atoms with Gasteiger partial charge in [0, 0.05) is 18.2 Å². The van der Waals surface area contributed by atoms with Crippen LogP contribution in [0.2, 0.25) is 5.02 Å². The van der Waals surface area contributed by atoms with Gasteiger partial charge in [-0.05, 0) is 25.3 Å². The van der Waals surface area contributed by atoms with Gasteiger partial charge in [-0.3, -0.25) is 19.7 Å². The molecule has 1 amide bonds. The lowest BCUT2D eigenvalue weighted by Crippen LogP contribution is -2.33. The molecular formula is C13H13ClN2O5. The summed E-state index contributed by atoms with van der Waals surface area (Å²) in [5.74, 6) is -1.76. The van der Waals surface area contributed by atoms with Gasteiger partial charge in [-0.1, -0.05) is 11.6 Å². The van der Waals surface area contributed by atoms with E-state index in [1.165, 1.54) is 12.1 Å². The fraction of sp³-hybridized carbons (Fsp3) is 0.385. The Morgan fingerprint density at radius 3 is 2.62 bits per heavy atom. The molecule has 0 saturated heterocycles. The highest BCUT2D eigenvalue weighted by Gasteiger charge is 2.31. The SMILES string of the molecule is O=C(N[C@H]1CC[C@@H](C(=O)O)C1)c1ccc([N+](=O)[O-])cc1Cl. The molecule has 0 unspecified atom stereocenters. The molecule has 0 spiro atoms. The topological polar surface area (TPSA) is 110 Å². The fourth-order valence-electron chi connectivity index (χ4n) is 2.40. The molecule has 0 aliphatic heterocycles. The number of nitro benzene ring substituents is 1. The summed E-state index contributed by atoms with van der Waals surface area (Å²) in [4.78, 5) is 32.9. The zero-order chi connectivity index (χ0) is 15.6. The van der Waals surface area contributed by atoms with Crippen LogP contribution >= 0.6 is 11.6 Å². The summed E-state index contributed by atoms with van der Waals surface area (Å²) in [5, 5.41) is 22.2. The fourth-order valence-corrected chi connectivity index (χ4v) is 2.66. The van der Waals surface area contributed by atoms with Crippen LogP contribution in [0.5, 0.6) is 0 Å². The standard InChI is InChI=1S/C13H13ClN2O5/c14-11-6-9(16(20)21)3-4-10(11)12(17)15-8-2-1-7(5-8)13(18)19/h3-4,6-8H,1-2,5H2,(H,15,17)(H,18,19)/t7-,8+/m1/s1. The quantitative estimate of drug-likeness (QED) is 0.654. The van der Waals surface area contributed by atoms with Crippen LogP contribution in [0, 0.1) is 16.0 Å². The minimum Gasteiger partial charge on any atom is -0.481 e. The Balaban J connectivity index is 2.04. The number of rotatable bonds is 4. The smallest absolute Gasteiger partial charge is 0.306 e. The van der Waals surface area contributed by atoms with E-state index in [4.69, 9.17) is 16.7 Å². The van der Waals surface area contributed by atoms with Crippen molar-refractivity contribution in [3.8, 4) is 0 Å². The van der Waals surface area contributed by atoms with Crippen LogP contribution in [0.15, 0.2) is 18.2 Å². The molecule has 1 aliphatic rings. The molecule has 1 aromatic rings. The average molecular weight is 313 g/mol. The number of hydrogen-bond acceptors (Lipinski definition) is 4. The van der Waals surface area contributed by atoms with Crippen molar-refractivity contribution < 1.29 is 19.6 Å². The minimum atomic E-state index is -0.861. The Morgan fingerprint density at radius 2 is 2.10 bits per heavy atom. The highest BCUT2D eigenvalue weighted by atomic mass is 35.5. The van der Waals surface area contributed by atoms with Crippen molar-refractivity contribution in [3.05, 3.63) is 38.9 Å². The first-order valence-corrected chi connectivity index (χ1v) is 6.74. The Hall–Kier alpha value is -2.15. The Bertz CT molecular complexity index is 604. The van der Waals surface area contributed by atoms with Gasteiger partial charge in [0.1, 0.15) is 0 Å². The van der Waals surface area contributed by atoms with E-state index in [0.29, 0.717) is 19.3 Å². The third kappa shape index (κ3) is 3.49. The number of carbonyl (C=O) groups is 2. The van der Waals surface area contributed by atoms with E-state index >= 15 is 0 Å². The number of carboxylic acid groups (broad SMARTS) is 1. The number of non-ortho nitro benzene ring substituents is 1. The van der Waals surface area contributed by atoms with Gasteiger partial charge >= 0.3 is 5.97 Å². The number of carboxylic acids is 1. The second-order valence-electron chi connectivity index (χ2n) is 4.94. The molecule has 8 heteroatoms. The normalized spacial score (nSPS) is 21.0. The van der Waals surface area contributed by atoms with Crippen molar-refractivity contribution in [1.82, 2.24) is 5.32 Å². The lowest BCUT2D eigenvalue weighted by Gasteiger charge is -2.13. The molecule has 21 heavy (non-hydrogen) atoms. The van der Waals surface area contributed by atoms with E-state index in [1.807, 2.05) is 0 Å². The first kappa shape index (κ1) is 15.2. The predicted octanol–water partition coefficient (Wildman–Crippen LogP) is 2.23. The third-order valence-corrected chi connectivity index (χ3v) is 3.84. The number of nitrogens with zero attached hydrogens (tertiary/aromatic N) is 1. The number of aliphatic carboxylic acids is 1. The van der Waals surface area contributed by atoms with Crippen molar-refractivity contribution in [2.24, 2.45) is 5.92 Å². The number of halogens is 1. The number of benzene rings is 1. The van der Waals surface area contributed by atoms with Crippen LogP contribution < -0.4 is 5.32 Å². The summed E-state index contributed by atoms with van der Waals surface area (Å²) in [6.07, 6.45) is 1.49. The second kappa shape index (κ2) is 6.09. The van der Waals surface area contributed by atoms with Crippen LogP contribution in [0.25, 0.3) is 0 Å². The summed E-state index contributed by atoms with van der Waals surface area (Å²) < 4.78 is 0. The van der Waals surface area contributed by atoms with Gasteiger partial charge in [-0.25, -0.2) is 0 Å². The Kier molecular flexibility index (Phi) is 4.42. The average Bonchev–Trinajstić information content (AvgIpc) is 2.87. The molecule has 1 fully saturated rings. The van der Waals surface area contributed by atoms with E-state index in [0.717, 1.165) is 6.07 Å². The van der Waals surface area contributed by atoms with Crippen LogP contribution in [-0.2, 0) is 4.79 Å². The van der Waals surface area contributed by atoms with Gasteiger partial charge in [-0.2, -0.15) is 0 Å². The second-order valence-corrected chi connectivity index (χ2v) is 5.35. The molecule has 0 heterocycles. The van der Waals surface area contributed by atoms with Crippen molar-refractivity contribution >= 4 is 29.2 Å². The van der Waals surface area contributed by atoms with Crippen LogP contribution in [0.1, 0.15) is 29.6 Å². The number of nitrogens with one attached hydrogen (secondary N) is 1. The highest BCUT2D eigenvalue weighted by molar-refractivity contribution is 6.34. The van der Waals surface area contributed by atoms with Crippen molar-refractivity contribution in [3.63, 3.8) is 0 Å². The van der Waals surface area contributed by atoms with Crippen molar-refractivity contribution in [2.75, 3.05) is 0 Å². The summed E-state index contributed by atoms with van der Waals surface area (Å²) in [5.41, 5.74) is -0.0515. The molecule has 2 rings (SSSR count). The highest BCUT2D eigenvalue weighted by Crippen LogP contribution is 2.27. The monoisotopic (exact) mass is 312 g/mol. The molecule has 7 nitrogen and oxygen atoms in total. The maximum Gasteiger partial charge on any atom is 0.306 e. The number of amides is 1. The Morgan fingerprint density at radius 1 is 1.38 bits per heavy atom. The lowest BCUT2D eigenvalue weighted by atomic mass is 10.1. The Labute approximate surface area is 125 Å². The summed E-state index contributed by atoms with van der Waals surface area (Å²) in [6.45, 7) is 0. The minimum absolute atomic E-state index is 0.00511. The van der Waals surface area contributed by atoms with Gasteiger partial charge in [0.15, 0.2) is 0 Å². The van der Waals surface area contributed by atoms with E-state index in [2.05, 4.69) is 5.32 Å². The first-order valence-electron chi connectivity index (χ1n) is 6.36. The lowest BCUT2D eigenvalue weighted by molar-refractivity contribution is -0.384. The molecule has 0 aromatic heterocycles. The summed E-state index contributed by atoms with van der Waals surface area (Å²) >= 11 is 5.87. The maximum atomic E-state index is 12.1. The number of hydrogen-bond donors (Lipinski definition) is 2. The number of nitro groups is 1. The molecule has 0 radical (unpaired) electrons. The summed E-state index contributed by atoms with van der Waals surface area (Å²) in [7, 11) is 0. The van der Waals surface area contributed by atoms with Gasteiger partial charge in [0.05, 0.1) is 21.4 Å². The third-order valence-electron chi connectivity index (χ3n) is 3.53. The first-order chi connectivity index (χ1) is 9.88. The zero-order valence-corrected chi connectivity index (χ0v) is 11.7. The van der Waals surface area contributed by atoms with Gasteiger partial charge in [-0.15, -0.1) is 0 Å². The van der Waals surface area contributed by atoms with Crippen molar-refractivity contribution in [1.29, 1.82) is 0 Å². The number of carbonyl (C=O) groups excluding carboxylic acids is 1. The molecule has 2 atom stereocenters. The van der Waals surface area contributed by atoms with Gasteiger partial charge < -0.3 is 10.4 Å². The molecule has 1 saturated carbocycles. The molecule has 1 aliphatic carbocycles. The zero-order valence-electron chi connectivity index (χ0n) is 10.9. The van der Waals surface area contributed by atoms with E-state index in [1.54, 1.807) is 0 Å². The van der Waals surface area contributed by atoms with Crippen LogP contribution in [0.4, 0.5) is 5.69 Å². The van der Waals surface area contributed by atoms with E-state index < -0.39 is 22.7 Å². The van der Waals surface area contributed by atoms with Gasteiger partial charge in [0.25, 0.3) is 11.6 Å². The molecular weight excluding hydrogens is 300 g/mol. The molecule has 112 valence electrons. The van der Waals surface area contributed by atoms with E-state index in [9.17, 15) is 19.7 Å². The molecule has 1 aromatic carbocycles. The predicted molar refractivity (Wildman–Crippen MR) is 74.3 cm³/mol. The van der Waals surface area contributed by atoms with Gasteiger partial charge in [0.2, 0.25) is 0 Å².